The summed E-state index contributed by atoms with van der Waals surface area (Å²) in [5.41, 5.74) is 1.49. The van der Waals surface area contributed by atoms with Crippen LogP contribution in [0.3, 0.4) is 0 Å². The van der Waals surface area contributed by atoms with Crippen molar-refractivity contribution in [2.75, 3.05) is 6.54 Å². The van der Waals surface area contributed by atoms with Gasteiger partial charge in [0.2, 0.25) is 17.6 Å². The molecule has 3 amide bonds. The Balaban J connectivity index is 1.55. The minimum atomic E-state index is -1.20. The third-order valence-electron chi connectivity index (χ3n) is 7.16. The van der Waals surface area contributed by atoms with E-state index in [0.717, 1.165) is 18.4 Å². The average Bonchev–Trinajstić information content (AvgIpc) is 3.65. The molecular formula is C29H34N4O5. The standard InChI is InChI=1S/C29H34N4O5/c1-18(2)22-9-6-14-33(29(22)38)24(15-19-10-11-19)27(36)32-23(16-21-12-13-30-26(21)35)25(34)28(37)31-17-20-7-4-3-5-8-20/h3-9,14,19,21,23-24H,1,10-13,15-17H2,2H3,(H,30,35)(H,31,37)(H,32,36)/t21-,23-,24-/m0/s1. The van der Waals surface area contributed by atoms with E-state index in [9.17, 15) is 24.0 Å². The number of aromatic nitrogens is 1. The van der Waals surface area contributed by atoms with Gasteiger partial charge in [0.15, 0.2) is 0 Å². The number of nitrogens with one attached hydrogen (secondary N) is 3. The van der Waals surface area contributed by atoms with Crippen molar-refractivity contribution >= 4 is 29.1 Å². The summed E-state index contributed by atoms with van der Waals surface area (Å²) in [7, 11) is 0. The highest BCUT2D eigenvalue weighted by Crippen LogP contribution is 2.36. The third-order valence-corrected chi connectivity index (χ3v) is 7.16. The molecule has 1 saturated heterocycles. The Hall–Kier alpha value is -4.01. The number of nitrogens with zero attached hydrogens (tertiary/aromatic N) is 1. The maximum absolute atomic E-state index is 13.6. The lowest BCUT2D eigenvalue weighted by atomic mass is 9.94. The van der Waals surface area contributed by atoms with Crippen LogP contribution in [0.15, 0.2) is 60.0 Å². The first-order chi connectivity index (χ1) is 18.2. The molecule has 0 unspecified atom stereocenters. The molecule has 200 valence electrons. The fourth-order valence-corrected chi connectivity index (χ4v) is 4.77. The van der Waals surface area contributed by atoms with E-state index < -0.39 is 35.6 Å². The fourth-order valence-electron chi connectivity index (χ4n) is 4.77. The van der Waals surface area contributed by atoms with E-state index >= 15 is 0 Å². The molecule has 1 aromatic heterocycles. The van der Waals surface area contributed by atoms with E-state index in [0.29, 0.717) is 36.4 Å². The molecular weight excluding hydrogens is 484 g/mol. The molecule has 1 aromatic carbocycles. The van der Waals surface area contributed by atoms with Crippen LogP contribution in [0.5, 0.6) is 0 Å². The van der Waals surface area contributed by atoms with E-state index in [-0.39, 0.29) is 24.4 Å². The second-order valence-electron chi connectivity index (χ2n) is 10.2. The fraction of sp³-hybridized carbons (Fsp3) is 0.414. The van der Waals surface area contributed by atoms with E-state index in [1.807, 2.05) is 30.3 Å². The average molecular weight is 519 g/mol. The molecule has 3 N–H and O–H groups in total. The van der Waals surface area contributed by atoms with E-state index in [1.165, 1.54) is 4.57 Å². The van der Waals surface area contributed by atoms with Crippen LogP contribution in [0.2, 0.25) is 0 Å². The molecule has 9 heteroatoms. The van der Waals surface area contributed by atoms with Gasteiger partial charge in [0, 0.05) is 30.8 Å². The molecule has 38 heavy (non-hydrogen) atoms. The maximum atomic E-state index is 13.6. The molecule has 2 fully saturated rings. The lowest BCUT2D eigenvalue weighted by molar-refractivity contribution is -0.141. The van der Waals surface area contributed by atoms with E-state index in [4.69, 9.17) is 0 Å². The number of carbonyl (C=O) groups excluding carboxylic acids is 4. The molecule has 0 spiro atoms. The second-order valence-corrected chi connectivity index (χ2v) is 10.2. The highest BCUT2D eigenvalue weighted by atomic mass is 16.2. The number of allylic oxidation sites excluding steroid dienone is 1. The Morgan fingerprint density at radius 2 is 1.79 bits per heavy atom. The van der Waals surface area contributed by atoms with Crippen LogP contribution < -0.4 is 21.5 Å². The van der Waals surface area contributed by atoms with Crippen molar-refractivity contribution < 1.29 is 19.2 Å². The van der Waals surface area contributed by atoms with Crippen molar-refractivity contribution in [3.05, 3.63) is 76.7 Å². The number of Topliss-reactive ketones (excluding diaryl/α,β-unsaturated/α-hetero) is 1. The van der Waals surface area contributed by atoms with Gasteiger partial charge in [-0.25, -0.2) is 0 Å². The third kappa shape index (κ3) is 6.65. The molecule has 2 aliphatic rings. The summed E-state index contributed by atoms with van der Waals surface area (Å²) in [4.78, 5) is 65.1. The lowest BCUT2D eigenvalue weighted by Gasteiger charge is -2.25. The van der Waals surface area contributed by atoms with E-state index in [1.54, 1.807) is 25.3 Å². The van der Waals surface area contributed by atoms with Gasteiger partial charge in [-0.15, -0.1) is 0 Å². The highest BCUT2D eigenvalue weighted by Gasteiger charge is 2.37. The molecule has 2 heterocycles. The zero-order chi connectivity index (χ0) is 27.2. The minimum absolute atomic E-state index is 0.00597. The Morgan fingerprint density at radius 3 is 2.42 bits per heavy atom. The molecule has 1 aliphatic heterocycles. The Morgan fingerprint density at radius 1 is 1.05 bits per heavy atom. The van der Waals surface area contributed by atoms with Crippen LogP contribution >= 0.6 is 0 Å². The van der Waals surface area contributed by atoms with Gasteiger partial charge < -0.3 is 20.5 Å². The van der Waals surface area contributed by atoms with Crippen molar-refractivity contribution in [1.29, 1.82) is 0 Å². The van der Waals surface area contributed by atoms with Crippen LogP contribution in [0, 0.1) is 11.8 Å². The summed E-state index contributed by atoms with van der Waals surface area (Å²) in [5, 5.41) is 8.09. The first kappa shape index (κ1) is 27.0. The Kier molecular flexibility index (Phi) is 8.55. The predicted octanol–water partition coefficient (Wildman–Crippen LogP) is 2.12. The molecule has 1 aliphatic carbocycles. The zero-order valence-electron chi connectivity index (χ0n) is 21.6. The zero-order valence-corrected chi connectivity index (χ0v) is 21.6. The monoisotopic (exact) mass is 518 g/mol. The molecule has 1 saturated carbocycles. The molecule has 9 nitrogen and oxygen atoms in total. The van der Waals surface area contributed by atoms with Gasteiger partial charge in [-0.3, -0.25) is 24.0 Å². The summed E-state index contributed by atoms with van der Waals surface area (Å²) in [6.07, 6.45) is 4.45. The highest BCUT2D eigenvalue weighted by molar-refractivity contribution is 6.38. The van der Waals surface area contributed by atoms with Crippen LogP contribution in [0.4, 0.5) is 0 Å². The summed E-state index contributed by atoms with van der Waals surface area (Å²) in [6, 6.07) is 10.5. The quantitative estimate of drug-likeness (QED) is 0.371. The normalized spacial score (nSPS) is 18.2. The predicted molar refractivity (Wildman–Crippen MR) is 143 cm³/mol. The van der Waals surface area contributed by atoms with Gasteiger partial charge in [-0.1, -0.05) is 49.8 Å². The number of rotatable bonds is 12. The maximum Gasteiger partial charge on any atom is 0.289 e. The van der Waals surface area contributed by atoms with Crippen molar-refractivity contribution in [2.45, 2.75) is 57.7 Å². The number of hydrogen-bond acceptors (Lipinski definition) is 5. The van der Waals surface area contributed by atoms with Gasteiger partial charge in [0.1, 0.15) is 6.04 Å². The molecule has 0 bridgehead atoms. The number of pyridine rings is 1. The summed E-state index contributed by atoms with van der Waals surface area (Å²) in [5.74, 6) is -2.58. The molecule has 2 aromatic rings. The van der Waals surface area contributed by atoms with Gasteiger partial charge in [-0.2, -0.15) is 0 Å². The van der Waals surface area contributed by atoms with Crippen molar-refractivity contribution in [3.8, 4) is 0 Å². The second kappa shape index (κ2) is 12.0. The van der Waals surface area contributed by atoms with Gasteiger partial charge in [-0.05, 0) is 55.4 Å². The summed E-state index contributed by atoms with van der Waals surface area (Å²) in [6.45, 7) is 6.22. The van der Waals surface area contributed by atoms with E-state index in [2.05, 4.69) is 22.5 Å². The van der Waals surface area contributed by atoms with Gasteiger partial charge in [0.05, 0.1) is 6.04 Å². The van der Waals surface area contributed by atoms with Gasteiger partial charge in [0.25, 0.3) is 11.5 Å². The number of amides is 3. The van der Waals surface area contributed by atoms with Crippen molar-refractivity contribution in [1.82, 2.24) is 20.5 Å². The lowest BCUT2D eigenvalue weighted by Crippen LogP contribution is -2.51. The van der Waals surface area contributed by atoms with Crippen LogP contribution in [0.1, 0.15) is 56.2 Å². The number of hydrogen-bond donors (Lipinski definition) is 3. The first-order valence-electron chi connectivity index (χ1n) is 13.1. The minimum Gasteiger partial charge on any atom is -0.356 e. The number of benzene rings is 1. The topological polar surface area (TPSA) is 126 Å². The van der Waals surface area contributed by atoms with Crippen LogP contribution in [-0.2, 0) is 25.7 Å². The van der Waals surface area contributed by atoms with Crippen molar-refractivity contribution in [3.63, 3.8) is 0 Å². The summed E-state index contributed by atoms with van der Waals surface area (Å²) < 4.78 is 1.39. The van der Waals surface area contributed by atoms with Crippen molar-refractivity contribution in [2.24, 2.45) is 11.8 Å². The first-order valence-corrected chi connectivity index (χ1v) is 13.1. The summed E-state index contributed by atoms with van der Waals surface area (Å²) >= 11 is 0. The van der Waals surface area contributed by atoms with Crippen LogP contribution in [-0.4, -0.2) is 40.7 Å². The molecule has 4 rings (SSSR count). The largest absolute Gasteiger partial charge is 0.356 e. The molecule has 0 radical (unpaired) electrons. The van der Waals surface area contributed by atoms with Gasteiger partial charge >= 0.3 is 0 Å². The number of ketones is 1. The Bertz CT molecular complexity index is 1280. The van der Waals surface area contributed by atoms with Crippen LogP contribution in [0.25, 0.3) is 5.57 Å². The smallest absolute Gasteiger partial charge is 0.289 e. The Labute approximate surface area is 221 Å². The number of carbonyl (C=O) groups is 4. The SMILES string of the molecule is C=C(C)c1cccn([C@@H](CC2CC2)C(=O)N[C@@H](C[C@@H]2CCNC2=O)C(=O)C(=O)NCc2ccccc2)c1=O. The molecule has 3 atom stereocenters.